The summed E-state index contributed by atoms with van der Waals surface area (Å²) in [5, 5.41) is 43.0. The zero-order valence-electron chi connectivity index (χ0n) is 17.6. The molecule has 1 saturated carbocycles. The van der Waals surface area contributed by atoms with E-state index in [1.807, 2.05) is 0 Å². The van der Waals surface area contributed by atoms with Crippen LogP contribution >= 0.6 is 15.9 Å². The molecule has 1 aliphatic rings. The smallest absolute Gasteiger partial charge is 0.274 e. The molecule has 0 atom stereocenters. The Labute approximate surface area is 196 Å². The van der Waals surface area contributed by atoms with Crippen molar-refractivity contribution in [1.82, 2.24) is 20.9 Å². The normalized spacial score (nSPS) is 15.2. The number of amidine groups is 1. The van der Waals surface area contributed by atoms with Gasteiger partial charge in [0.15, 0.2) is 11.5 Å². The van der Waals surface area contributed by atoms with Crippen molar-refractivity contribution < 1.29 is 19.2 Å². The Kier molecular flexibility index (Phi) is 8.80. The zero-order valence-corrected chi connectivity index (χ0v) is 19.1. The van der Waals surface area contributed by atoms with Crippen molar-refractivity contribution in [2.24, 2.45) is 5.16 Å². The summed E-state index contributed by atoms with van der Waals surface area (Å²) in [6, 6.07) is 4.37. The zero-order chi connectivity index (χ0) is 23.6. The highest BCUT2D eigenvalue weighted by Gasteiger charge is 2.19. The Bertz CT molecular complexity index is 1010. The van der Waals surface area contributed by atoms with Crippen LogP contribution in [0.1, 0.15) is 37.8 Å². The average Bonchev–Trinajstić information content (AvgIpc) is 3.26. The Morgan fingerprint density at radius 2 is 2.12 bits per heavy atom. The van der Waals surface area contributed by atoms with Gasteiger partial charge in [-0.3, -0.25) is 10.1 Å². The van der Waals surface area contributed by atoms with Crippen LogP contribution in [0.25, 0.3) is 0 Å². The number of nitro groups is 1. The van der Waals surface area contributed by atoms with E-state index in [2.05, 4.69) is 52.7 Å². The molecule has 1 aliphatic carbocycles. The first-order valence-electron chi connectivity index (χ1n) is 10.3. The number of hydrogen-bond acceptors (Lipinski definition) is 10. The van der Waals surface area contributed by atoms with Crippen LogP contribution in [0.4, 0.5) is 15.9 Å². The van der Waals surface area contributed by atoms with Gasteiger partial charge in [-0.1, -0.05) is 24.4 Å². The van der Waals surface area contributed by atoms with Crippen molar-refractivity contribution in [2.45, 2.75) is 38.1 Å². The molecule has 0 unspecified atom stereocenters. The lowest BCUT2D eigenvalue weighted by Gasteiger charge is -2.24. The van der Waals surface area contributed by atoms with Crippen molar-refractivity contribution in [2.75, 3.05) is 23.7 Å². The Hall–Kier alpha value is -3.42. The predicted molar refractivity (Wildman–Crippen MR) is 122 cm³/mol. The molecule has 1 aromatic heterocycles. The summed E-state index contributed by atoms with van der Waals surface area (Å²) in [5.74, 6) is 0.0225. The topological polar surface area (TPSA) is 163 Å². The first-order chi connectivity index (χ1) is 16.0. The highest BCUT2D eigenvalue weighted by Crippen LogP contribution is 2.21. The van der Waals surface area contributed by atoms with Crippen LogP contribution in [0, 0.1) is 15.9 Å². The molecular weight excluding hydrogens is 503 g/mol. The molecule has 3 rings (SSSR count). The third kappa shape index (κ3) is 7.30. The lowest BCUT2D eigenvalue weighted by Crippen LogP contribution is -2.38. The highest BCUT2D eigenvalue weighted by atomic mass is 79.9. The third-order valence-electron chi connectivity index (χ3n) is 4.93. The molecule has 0 radical (unpaired) electrons. The van der Waals surface area contributed by atoms with Crippen LogP contribution in [0.3, 0.4) is 0 Å². The molecule has 12 nitrogen and oxygen atoms in total. The van der Waals surface area contributed by atoms with E-state index in [9.17, 15) is 19.7 Å². The van der Waals surface area contributed by atoms with E-state index in [1.54, 1.807) is 0 Å². The summed E-state index contributed by atoms with van der Waals surface area (Å²) in [6.07, 6.45) is 6.26. The summed E-state index contributed by atoms with van der Waals surface area (Å²) < 4.78 is 18.4. The number of rotatable bonds is 10. The summed E-state index contributed by atoms with van der Waals surface area (Å²) in [4.78, 5) is 10.4. The van der Waals surface area contributed by atoms with Crippen molar-refractivity contribution in [1.29, 1.82) is 0 Å². The number of nitrogens with one attached hydrogen (secondary N) is 4. The molecule has 2 aromatic rings. The van der Waals surface area contributed by atoms with E-state index in [0.29, 0.717) is 24.6 Å². The van der Waals surface area contributed by atoms with Gasteiger partial charge in [0.2, 0.25) is 11.7 Å². The van der Waals surface area contributed by atoms with Crippen LogP contribution in [-0.4, -0.2) is 45.4 Å². The number of aromatic nitrogens is 2. The molecule has 1 aromatic carbocycles. The second-order valence-electron chi connectivity index (χ2n) is 7.32. The minimum atomic E-state index is -0.505. The maximum Gasteiger partial charge on any atom is 0.274 e. The fourth-order valence-corrected chi connectivity index (χ4v) is 3.77. The molecule has 178 valence electrons. The lowest BCUT2D eigenvalue weighted by atomic mass is 9.95. The van der Waals surface area contributed by atoms with Crippen molar-refractivity contribution in [3.05, 3.63) is 56.3 Å². The molecule has 1 fully saturated rings. The van der Waals surface area contributed by atoms with E-state index in [0.717, 1.165) is 31.9 Å². The summed E-state index contributed by atoms with van der Waals surface area (Å²) in [7, 11) is 0. The maximum atomic E-state index is 13.4. The van der Waals surface area contributed by atoms with Gasteiger partial charge < -0.3 is 26.5 Å². The number of benzene rings is 1. The standard InChI is InChI=1S/C19H24BrFN8O4/c20-14-10-13(6-7-15(14)21)25-19(26-30)17-18(28-33-27-17)23-9-8-22-16(11-29(31)32)24-12-4-2-1-3-5-12/h6-7,10-12,22,24,30H,1-5,8-9H2,(H,23,28)(H,25,26)/b16-11-. The SMILES string of the molecule is O=[N+]([O-])/C=C(/NCCNc1nonc1/C(=N/O)Nc1ccc(F)c(Br)c1)NC1CCCCC1. The lowest BCUT2D eigenvalue weighted by molar-refractivity contribution is -0.404. The Balaban J connectivity index is 1.55. The summed E-state index contributed by atoms with van der Waals surface area (Å²) >= 11 is 3.09. The van der Waals surface area contributed by atoms with Crippen LogP contribution < -0.4 is 21.3 Å². The molecule has 33 heavy (non-hydrogen) atoms. The molecule has 14 heteroatoms. The van der Waals surface area contributed by atoms with Gasteiger partial charge in [0, 0.05) is 24.8 Å². The second-order valence-corrected chi connectivity index (χ2v) is 8.18. The van der Waals surface area contributed by atoms with Crippen molar-refractivity contribution >= 4 is 33.3 Å². The van der Waals surface area contributed by atoms with Crippen LogP contribution in [0.5, 0.6) is 0 Å². The minimum Gasteiger partial charge on any atom is -0.409 e. The van der Waals surface area contributed by atoms with E-state index in [1.165, 1.54) is 24.6 Å². The van der Waals surface area contributed by atoms with Crippen LogP contribution in [0.2, 0.25) is 0 Å². The van der Waals surface area contributed by atoms with E-state index in [-0.39, 0.29) is 27.9 Å². The molecule has 0 bridgehead atoms. The van der Waals surface area contributed by atoms with Crippen molar-refractivity contribution in [3.63, 3.8) is 0 Å². The average molecular weight is 527 g/mol. The van der Waals surface area contributed by atoms with Crippen LogP contribution in [-0.2, 0) is 0 Å². The number of oxime groups is 1. The Morgan fingerprint density at radius 1 is 1.33 bits per heavy atom. The number of anilines is 2. The first kappa shape index (κ1) is 24.2. The molecule has 0 saturated heterocycles. The molecule has 0 spiro atoms. The van der Waals surface area contributed by atoms with Gasteiger partial charge >= 0.3 is 0 Å². The molecule has 0 amide bonds. The van der Waals surface area contributed by atoms with Gasteiger partial charge in [-0.25, -0.2) is 9.02 Å². The van der Waals surface area contributed by atoms with Gasteiger partial charge in [0.1, 0.15) is 5.82 Å². The maximum absolute atomic E-state index is 13.4. The first-order valence-corrected chi connectivity index (χ1v) is 11.1. The quantitative estimate of drug-likeness (QED) is 0.0774. The van der Waals surface area contributed by atoms with Gasteiger partial charge in [0.05, 0.1) is 9.40 Å². The van der Waals surface area contributed by atoms with Crippen molar-refractivity contribution in [3.8, 4) is 0 Å². The molecule has 1 heterocycles. The summed E-state index contributed by atoms with van der Waals surface area (Å²) in [6.45, 7) is 0.638. The van der Waals surface area contributed by atoms with E-state index >= 15 is 0 Å². The fourth-order valence-electron chi connectivity index (χ4n) is 3.39. The predicted octanol–water partition coefficient (Wildman–Crippen LogP) is 3.22. The number of nitrogens with zero attached hydrogens (tertiary/aromatic N) is 4. The largest absolute Gasteiger partial charge is 0.409 e. The van der Waals surface area contributed by atoms with Gasteiger partial charge in [0.25, 0.3) is 6.20 Å². The number of hydrogen-bond donors (Lipinski definition) is 5. The van der Waals surface area contributed by atoms with Gasteiger partial charge in [-0.2, -0.15) is 0 Å². The third-order valence-corrected chi connectivity index (χ3v) is 5.54. The fraction of sp³-hybridized carbons (Fsp3) is 0.421. The monoisotopic (exact) mass is 526 g/mol. The van der Waals surface area contributed by atoms with Crippen LogP contribution in [0.15, 0.2) is 44.5 Å². The molecule has 0 aliphatic heterocycles. The number of halogens is 2. The van der Waals surface area contributed by atoms with Gasteiger partial charge in [-0.05, 0) is 57.3 Å². The summed E-state index contributed by atoms with van der Waals surface area (Å²) in [5.41, 5.74) is 0.536. The second kappa shape index (κ2) is 12.0. The van der Waals surface area contributed by atoms with E-state index in [4.69, 9.17) is 4.63 Å². The minimum absolute atomic E-state index is 0.0712. The van der Waals surface area contributed by atoms with Gasteiger partial charge in [-0.15, -0.1) is 0 Å². The highest BCUT2D eigenvalue weighted by molar-refractivity contribution is 9.10. The molecule has 5 N–H and O–H groups in total. The Morgan fingerprint density at radius 3 is 2.82 bits per heavy atom. The van der Waals surface area contributed by atoms with E-state index < -0.39 is 10.7 Å². The molecular formula is C19H24BrFN8O4.